The van der Waals surface area contributed by atoms with Gasteiger partial charge in [-0.3, -0.25) is 0 Å². The van der Waals surface area contributed by atoms with Gasteiger partial charge >= 0.3 is 0 Å². The summed E-state index contributed by atoms with van der Waals surface area (Å²) in [6.07, 6.45) is 7.79. The van der Waals surface area contributed by atoms with Crippen molar-refractivity contribution in [3.05, 3.63) is 34.9 Å². The van der Waals surface area contributed by atoms with E-state index in [1.807, 2.05) is 0 Å². The number of rotatable bonds is 5. The fourth-order valence-corrected chi connectivity index (χ4v) is 4.22. The molecule has 3 N–H and O–H groups in total. The quantitative estimate of drug-likeness (QED) is 0.879. The molecule has 3 nitrogen and oxygen atoms in total. The maximum Gasteiger partial charge on any atom is 0.0611 e. The molecule has 0 spiro atoms. The number of aryl methyl sites for hydroxylation is 1. The van der Waals surface area contributed by atoms with Crippen LogP contribution in [0, 0.1) is 5.92 Å². The van der Waals surface area contributed by atoms with Crippen LogP contribution in [0.1, 0.15) is 54.7 Å². The summed E-state index contributed by atoms with van der Waals surface area (Å²) in [6, 6.07) is 7.04. The van der Waals surface area contributed by atoms with Crippen LogP contribution in [0.4, 0.5) is 0 Å². The first kappa shape index (κ1) is 16.0. The number of hydrogen-bond donors (Lipinski definition) is 2. The highest BCUT2D eigenvalue weighted by atomic mass is 16.5. The van der Waals surface area contributed by atoms with Crippen molar-refractivity contribution >= 4 is 0 Å². The predicted molar refractivity (Wildman–Crippen MR) is 89.0 cm³/mol. The number of aliphatic hydroxyl groups is 1. The van der Waals surface area contributed by atoms with Gasteiger partial charge in [-0.2, -0.15) is 0 Å². The first-order chi connectivity index (χ1) is 10.6. The fourth-order valence-electron chi connectivity index (χ4n) is 4.22. The molecule has 1 saturated carbocycles. The van der Waals surface area contributed by atoms with E-state index in [1.165, 1.54) is 42.4 Å². The zero-order valence-electron chi connectivity index (χ0n) is 13.7. The van der Waals surface area contributed by atoms with E-state index in [0.29, 0.717) is 5.92 Å². The van der Waals surface area contributed by atoms with Crippen molar-refractivity contribution in [1.29, 1.82) is 0 Å². The minimum Gasteiger partial charge on any atom is -0.394 e. The van der Waals surface area contributed by atoms with Gasteiger partial charge in [0.15, 0.2) is 0 Å². The van der Waals surface area contributed by atoms with Crippen LogP contribution in [0.5, 0.6) is 0 Å². The normalized spacial score (nSPS) is 31.2. The summed E-state index contributed by atoms with van der Waals surface area (Å²) in [5.41, 5.74) is 10.4. The van der Waals surface area contributed by atoms with Crippen molar-refractivity contribution in [1.82, 2.24) is 0 Å². The minimum atomic E-state index is -0.355. The number of hydrogen-bond acceptors (Lipinski definition) is 3. The van der Waals surface area contributed by atoms with Gasteiger partial charge in [0, 0.05) is 19.3 Å². The second-order valence-corrected chi connectivity index (χ2v) is 7.38. The molecule has 1 aromatic carbocycles. The summed E-state index contributed by atoms with van der Waals surface area (Å²) in [4.78, 5) is 0. The summed E-state index contributed by atoms with van der Waals surface area (Å²) >= 11 is 0. The molecule has 1 aromatic rings. The van der Waals surface area contributed by atoms with Crippen LogP contribution in [0.15, 0.2) is 18.2 Å². The second kappa shape index (κ2) is 6.69. The standard InChI is InChI=1S/C19H29NO2/c1-22-9-7-14-2-3-16-11-17(5-4-15(16)10-14)18-6-8-19(20,12-18)13-21/h4-5,11,14,18,21H,2-3,6-10,12-13,20H2,1H3/t14?,18?,19-/m1/s1. The molecule has 2 aliphatic carbocycles. The van der Waals surface area contributed by atoms with Crippen LogP contribution in [0.3, 0.4) is 0 Å². The van der Waals surface area contributed by atoms with Gasteiger partial charge in [0.25, 0.3) is 0 Å². The Hall–Kier alpha value is -0.900. The lowest BCUT2D eigenvalue weighted by Crippen LogP contribution is -2.40. The molecule has 2 unspecified atom stereocenters. The Bertz CT molecular complexity index is 516. The van der Waals surface area contributed by atoms with Gasteiger partial charge in [-0.05, 0) is 73.5 Å². The van der Waals surface area contributed by atoms with Gasteiger partial charge in [-0.1, -0.05) is 18.2 Å². The van der Waals surface area contributed by atoms with Crippen LogP contribution in [-0.2, 0) is 17.6 Å². The van der Waals surface area contributed by atoms with Crippen molar-refractivity contribution in [2.45, 2.75) is 56.4 Å². The molecule has 22 heavy (non-hydrogen) atoms. The molecule has 0 aromatic heterocycles. The lowest BCUT2D eigenvalue weighted by Gasteiger charge is -2.26. The monoisotopic (exact) mass is 303 g/mol. The molecule has 122 valence electrons. The molecule has 1 fully saturated rings. The van der Waals surface area contributed by atoms with E-state index >= 15 is 0 Å². The Balaban J connectivity index is 1.68. The lowest BCUT2D eigenvalue weighted by molar-refractivity contribution is 0.173. The van der Waals surface area contributed by atoms with E-state index in [4.69, 9.17) is 10.5 Å². The summed E-state index contributed by atoms with van der Waals surface area (Å²) in [5.74, 6) is 1.30. The van der Waals surface area contributed by atoms with Gasteiger partial charge < -0.3 is 15.6 Å². The highest BCUT2D eigenvalue weighted by molar-refractivity contribution is 5.36. The van der Waals surface area contributed by atoms with E-state index in [2.05, 4.69) is 18.2 Å². The molecule has 3 rings (SSSR count). The van der Waals surface area contributed by atoms with Crippen molar-refractivity contribution in [3.63, 3.8) is 0 Å². The third-order valence-electron chi connectivity index (χ3n) is 5.72. The van der Waals surface area contributed by atoms with E-state index in [0.717, 1.165) is 31.8 Å². The van der Waals surface area contributed by atoms with E-state index in [-0.39, 0.29) is 12.1 Å². The Kier molecular flexibility index (Phi) is 4.86. The Morgan fingerprint density at radius 2 is 2.18 bits per heavy atom. The first-order valence-corrected chi connectivity index (χ1v) is 8.64. The van der Waals surface area contributed by atoms with Crippen LogP contribution >= 0.6 is 0 Å². The summed E-state index contributed by atoms with van der Waals surface area (Å²) < 4.78 is 5.22. The maximum absolute atomic E-state index is 9.45. The molecule has 3 heteroatoms. The minimum absolute atomic E-state index is 0.107. The lowest BCUT2D eigenvalue weighted by atomic mass is 9.80. The number of ether oxygens (including phenoxy) is 1. The third-order valence-corrected chi connectivity index (χ3v) is 5.72. The molecule has 2 aliphatic rings. The number of nitrogens with two attached hydrogens (primary N) is 1. The molecular weight excluding hydrogens is 274 g/mol. The topological polar surface area (TPSA) is 55.5 Å². The Morgan fingerprint density at radius 1 is 1.32 bits per heavy atom. The smallest absolute Gasteiger partial charge is 0.0611 e. The SMILES string of the molecule is COCCC1CCc2cc(C3CC[C@](N)(CO)C3)ccc2C1. The Morgan fingerprint density at radius 3 is 2.91 bits per heavy atom. The molecule has 3 atom stereocenters. The summed E-state index contributed by atoms with van der Waals surface area (Å²) in [6.45, 7) is 0.982. The highest BCUT2D eigenvalue weighted by Gasteiger charge is 2.36. The predicted octanol–water partition coefficient (Wildman–Crippen LogP) is 2.79. The second-order valence-electron chi connectivity index (χ2n) is 7.38. The van der Waals surface area contributed by atoms with Crippen LogP contribution in [-0.4, -0.2) is 31.0 Å². The van der Waals surface area contributed by atoms with Crippen molar-refractivity contribution < 1.29 is 9.84 Å². The molecule has 0 radical (unpaired) electrons. The van der Waals surface area contributed by atoms with Gasteiger partial charge in [-0.25, -0.2) is 0 Å². The largest absolute Gasteiger partial charge is 0.394 e. The van der Waals surface area contributed by atoms with Crippen molar-refractivity contribution in [3.8, 4) is 0 Å². The number of methoxy groups -OCH3 is 1. The van der Waals surface area contributed by atoms with E-state index < -0.39 is 0 Å². The van der Waals surface area contributed by atoms with Crippen molar-refractivity contribution in [2.24, 2.45) is 11.7 Å². The Labute approximate surface area is 133 Å². The first-order valence-electron chi connectivity index (χ1n) is 8.64. The van der Waals surface area contributed by atoms with E-state index in [9.17, 15) is 5.11 Å². The number of benzene rings is 1. The molecule has 0 aliphatic heterocycles. The summed E-state index contributed by atoms with van der Waals surface area (Å²) in [5, 5.41) is 9.45. The maximum atomic E-state index is 9.45. The fraction of sp³-hybridized carbons (Fsp3) is 0.684. The van der Waals surface area contributed by atoms with Crippen LogP contribution in [0.25, 0.3) is 0 Å². The average molecular weight is 303 g/mol. The summed E-state index contributed by atoms with van der Waals surface area (Å²) in [7, 11) is 1.79. The van der Waals surface area contributed by atoms with Crippen LogP contribution < -0.4 is 5.73 Å². The van der Waals surface area contributed by atoms with Crippen LogP contribution in [0.2, 0.25) is 0 Å². The zero-order valence-corrected chi connectivity index (χ0v) is 13.7. The van der Waals surface area contributed by atoms with E-state index in [1.54, 1.807) is 7.11 Å². The number of aliphatic hydroxyl groups excluding tert-OH is 1. The van der Waals surface area contributed by atoms with Gasteiger partial charge in [0.05, 0.1) is 6.61 Å². The zero-order chi connectivity index (χ0) is 15.6. The van der Waals surface area contributed by atoms with Gasteiger partial charge in [0.2, 0.25) is 0 Å². The van der Waals surface area contributed by atoms with Crippen molar-refractivity contribution in [2.75, 3.05) is 20.3 Å². The molecule has 0 amide bonds. The number of fused-ring (bicyclic) bond motifs is 1. The molecule has 0 saturated heterocycles. The molecular formula is C19H29NO2. The highest BCUT2D eigenvalue weighted by Crippen LogP contribution is 2.40. The molecule has 0 bridgehead atoms. The molecule has 0 heterocycles. The third kappa shape index (κ3) is 3.37. The average Bonchev–Trinajstić information content (AvgIpc) is 2.95. The van der Waals surface area contributed by atoms with Gasteiger partial charge in [-0.15, -0.1) is 0 Å². The van der Waals surface area contributed by atoms with Gasteiger partial charge in [0.1, 0.15) is 0 Å².